The van der Waals surface area contributed by atoms with Gasteiger partial charge in [0.2, 0.25) is 6.79 Å². The molecule has 0 unspecified atom stereocenters. The molecule has 9 heteroatoms. The summed E-state index contributed by atoms with van der Waals surface area (Å²) in [7, 11) is 0. The van der Waals surface area contributed by atoms with E-state index in [0.717, 1.165) is 25.7 Å². The predicted molar refractivity (Wildman–Crippen MR) is 102 cm³/mol. The average Bonchev–Trinajstić information content (AvgIpc) is 3.27. The van der Waals surface area contributed by atoms with Crippen LogP contribution < -0.4 is 20.9 Å². The molecule has 28 heavy (non-hydrogen) atoms. The number of aromatic nitrogens is 4. The molecule has 1 amide bonds. The maximum absolute atomic E-state index is 12.6. The number of carbonyl (C=O) groups excluding carboxylic acids is 1. The van der Waals surface area contributed by atoms with Crippen molar-refractivity contribution in [1.82, 2.24) is 19.5 Å². The number of unbranched alkanes of at least 4 members (excludes halogenated alkanes) is 3. The summed E-state index contributed by atoms with van der Waals surface area (Å²) in [5.41, 5.74) is 6.18. The number of ether oxygens (including phenoxy) is 2. The molecule has 0 aliphatic carbocycles. The van der Waals surface area contributed by atoms with Gasteiger partial charge in [0.1, 0.15) is 11.3 Å². The number of hydrogen-bond donors (Lipinski definition) is 2. The standard InChI is InChI=1S/C19H21N5O4/c1-2-3-4-5-6-14-21-15(17(20)25)16-18(22-14)24(19(26)23-16)11-7-8-12-13(9-11)28-10-27-12/h7-9H,2-6,10H2,1H3,(H2,20,25)(H,23,26). The zero-order valence-corrected chi connectivity index (χ0v) is 15.5. The van der Waals surface area contributed by atoms with E-state index in [1.54, 1.807) is 18.2 Å². The molecule has 3 N–H and O–H groups in total. The molecule has 9 nitrogen and oxygen atoms in total. The van der Waals surface area contributed by atoms with Gasteiger partial charge in [-0.3, -0.25) is 4.79 Å². The minimum atomic E-state index is -0.707. The zero-order valence-electron chi connectivity index (χ0n) is 15.5. The first-order valence-corrected chi connectivity index (χ1v) is 9.30. The number of benzene rings is 1. The number of hydrogen-bond acceptors (Lipinski definition) is 6. The highest BCUT2D eigenvalue weighted by molar-refractivity contribution is 6.01. The second-order valence-corrected chi connectivity index (χ2v) is 6.67. The molecule has 146 valence electrons. The van der Waals surface area contributed by atoms with Gasteiger partial charge in [0, 0.05) is 12.5 Å². The lowest BCUT2D eigenvalue weighted by atomic mass is 10.1. The van der Waals surface area contributed by atoms with E-state index in [9.17, 15) is 9.59 Å². The molecule has 3 aromatic rings. The monoisotopic (exact) mass is 383 g/mol. The van der Waals surface area contributed by atoms with Crippen molar-refractivity contribution in [3.63, 3.8) is 0 Å². The minimum Gasteiger partial charge on any atom is -0.454 e. The van der Waals surface area contributed by atoms with E-state index >= 15 is 0 Å². The van der Waals surface area contributed by atoms with Crippen molar-refractivity contribution in [2.45, 2.75) is 39.0 Å². The lowest BCUT2D eigenvalue weighted by Crippen LogP contribution is -2.16. The smallest absolute Gasteiger partial charge is 0.332 e. The van der Waals surface area contributed by atoms with E-state index < -0.39 is 11.6 Å². The maximum Gasteiger partial charge on any atom is 0.332 e. The fourth-order valence-electron chi connectivity index (χ4n) is 3.29. The molecule has 0 radical (unpaired) electrons. The van der Waals surface area contributed by atoms with Crippen molar-refractivity contribution in [3.8, 4) is 17.2 Å². The number of rotatable bonds is 7. The number of nitrogens with one attached hydrogen (secondary N) is 1. The molecular weight excluding hydrogens is 362 g/mol. The third kappa shape index (κ3) is 3.19. The van der Waals surface area contributed by atoms with Crippen molar-refractivity contribution >= 4 is 17.1 Å². The van der Waals surface area contributed by atoms with Gasteiger partial charge in [-0.1, -0.05) is 26.2 Å². The van der Waals surface area contributed by atoms with Gasteiger partial charge in [-0.05, 0) is 18.6 Å². The van der Waals surface area contributed by atoms with Crippen LogP contribution in [0.1, 0.15) is 48.9 Å². The van der Waals surface area contributed by atoms with Crippen LogP contribution >= 0.6 is 0 Å². The first-order valence-electron chi connectivity index (χ1n) is 9.30. The Balaban J connectivity index is 1.82. The van der Waals surface area contributed by atoms with Crippen LogP contribution in [-0.4, -0.2) is 32.2 Å². The van der Waals surface area contributed by atoms with Gasteiger partial charge in [-0.2, -0.15) is 0 Å². The van der Waals surface area contributed by atoms with E-state index in [1.165, 1.54) is 4.57 Å². The van der Waals surface area contributed by atoms with E-state index in [2.05, 4.69) is 21.9 Å². The first-order chi connectivity index (χ1) is 13.6. The van der Waals surface area contributed by atoms with Crippen molar-refractivity contribution in [1.29, 1.82) is 0 Å². The quantitative estimate of drug-likeness (QED) is 0.602. The Morgan fingerprint density at radius 3 is 2.82 bits per heavy atom. The Hall–Kier alpha value is -3.36. The van der Waals surface area contributed by atoms with Gasteiger partial charge in [0.05, 0.1) is 5.69 Å². The summed E-state index contributed by atoms with van der Waals surface area (Å²) >= 11 is 0. The van der Waals surface area contributed by atoms with Crippen LogP contribution in [0.5, 0.6) is 11.5 Å². The van der Waals surface area contributed by atoms with E-state index in [-0.39, 0.29) is 18.0 Å². The van der Waals surface area contributed by atoms with Crippen LogP contribution in [0.4, 0.5) is 0 Å². The minimum absolute atomic E-state index is 0.0204. The topological polar surface area (TPSA) is 125 Å². The molecule has 1 aliphatic rings. The van der Waals surface area contributed by atoms with E-state index in [1.807, 2.05) is 0 Å². The molecular formula is C19H21N5O4. The summed E-state index contributed by atoms with van der Waals surface area (Å²) in [5.74, 6) is 0.940. The second-order valence-electron chi connectivity index (χ2n) is 6.67. The van der Waals surface area contributed by atoms with Gasteiger partial charge in [0.15, 0.2) is 22.8 Å². The summed E-state index contributed by atoms with van der Waals surface area (Å²) in [6.45, 7) is 2.27. The second kappa shape index (κ2) is 7.34. The van der Waals surface area contributed by atoms with Crippen LogP contribution in [0.15, 0.2) is 23.0 Å². The van der Waals surface area contributed by atoms with Crippen molar-refractivity contribution in [3.05, 3.63) is 40.2 Å². The number of aryl methyl sites for hydroxylation is 1. The Morgan fingerprint density at radius 2 is 2.04 bits per heavy atom. The summed E-state index contributed by atoms with van der Waals surface area (Å²) in [4.78, 5) is 36.1. The third-order valence-corrected chi connectivity index (χ3v) is 4.68. The SMILES string of the molecule is CCCCCCc1nc(C(N)=O)c2[nH]c(=O)n(-c3ccc4c(c3)OCO4)c2n1. The van der Waals surface area contributed by atoms with Gasteiger partial charge in [-0.15, -0.1) is 0 Å². The van der Waals surface area contributed by atoms with E-state index in [0.29, 0.717) is 35.1 Å². The fraction of sp³-hybridized carbons (Fsp3) is 0.368. The number of fused-ring (bicyclic) bond motifs is 2. The molecule has 3 heterocycles. The largest absolute Gasteiger partial charge is 0.454 e. The number of H-pyrrole nitrogens is 1. The summed E-state index contributed by atoms with van der Waals surface area (Å²) in [6, 6.07) is 5.16. The lowest BCUT2D eigenvalue weighted by Gasteiger charge is -2.07. The van der Waals surface area contributed by atoms with Crippen LogP contribution in [-0.2, 0) is 6.42 Å². The highest BCUT2D eigenvalue weighted by Crippen LogP contribution is 2.34. The predicted octanol–water partition coefficient (Wildman–Crippen LogP) is 2.06. The molecule has 4 rings (SSSR count). The maximum atomic E-state index is 12.6. The van der Waals surface area contributed by atoms with Crippen molar-refractivity contribution < 1.29 is 14.3 Å². The Morgan fingerprint density at radius 1 is 1.21 bits per heavy atom. The molecule has 0 fully saturated rings. The Labute approximate surface area is 160 Å². The van der Waals surface area contributed by atoms with Gasteiger partial charge >= 0.3 is 5.69 Å². The summed E-state index contributed by atoms with van der Waals surface area (Å²) in [6.07, 6.45) is 4.80. The number of nitrogens with zero attached hydrogens (tertiary/aromatic N) is 3. The van der Waals surface area contributed by atoms with Crippen LogP contribution in [0.2, 0.25) is 0 Å². The summed E-state index contributed by atoms with van der Waals surface area (Å²) < 4.78 is 12.1. The molecule has 1 aliphatic heterocycles. The molecule has 1 aromatic carbocycles. The highest BCUT2D eigenvalue weighted by atomic mass is 16.7. The van der Waals surface area contributed by atoms with Gasteiger partial charge in [0.25, 0.3) is 5.91 Å². The highest BCUT2D eigenvalue weighted by Gasteiger charge is 2.21. The Kier molecular flexibility index (Phi) is 4.72. The van der Waals surface area contributed by atoms with Gasteiger partial charge in [-0.25, -0.2) is 19.3 Å². The first kappa shape index (κ1) is 18.0. The van der Waals surface area contributed by atoms with Gasteiger partial charge < -0.3 is 20.2 Å². The summed E-state index contributed by atoms with van der Waals surface area (Å²) in [5, 5.41) is 0. The third-order valence-electron chi connectivity index (χ3n) is 4.68. The van der Waals surface area contributed by atoms with E-state index in [4.69, 9.17) is 15.2 Å². The molecule has 0 saturated carbocycles. The normalized spacial score (nSPS) is 12.6. The van der Waals surface area contributed by atoms with Crippen molar-refractivity contribution in [2.24, 2.45) is 5.73 Å². The number of carbonyl (C=O) groups is 1. The van der Waals surface area contributed by atoms with Crippen molar-refractivity contribution in [2.75, 3.05) is 6.79 Å². The molecule has 0 saturated heterocycles. The Bertz CT molecular complexity index is 1100. The number of amides is 1. The van der Waals surface area contributed by atoms with Crippen LogP contribution in [0, 0.1) is 0 Å². The number of primary amides is 1. The number of aromatic amines is 1. The zero-order chi connectivity index (χ0) is 19.7. The number of nitrogens with two attached hydrogens (primary N) is 1. The molecule has 0 spiro atoms. The molecule has 2 aromatic heterocycles. The number of imidazole rings is 1. The molecule has 0 atom stereocenters. The average molecular weight is 383 g/mol. The molecule has 0 bridgehead atoms. The lowest BCUT2D eigenvalue weighted by molar-refractivity contribution is 0.0996. The fourth-order valence-corrected chi connectivity index (χ4v) is 3.29. The van der Waals surface area contributed by atoms with Crippen LogP contribution in [0.3, 0.4) is 0 Å². The van der Waals surface area contributed by atoms with Crippen LogP contribution in [0.25, 0.3) is 16.9 Å².